The Balaban J connectivity index is 0.00000323. The van der Waals surface area contributed by atoms with Crippen molar-refractivity contribution >= 4 is 33.2 Å². The Morgan fingerprint density at radius 1 is 0.975 bits per heavy atom. The molecule has 1 aliphatic heterocycles. The first kappa shape index (κ1) is 27.8. The summed E-state index contributed by atoms with van der Waals surface area (Å²) in [6.45, 7) is 2.60. The lowest BCUT2D eigenvalue weighted by Gasteiger charge is -2.24. The molecule has 40 heavy (non-hydrogen) atoms. The van der Waals surface area contributed by atoms with Gasteiger partial charge in [-0.15, -0.1) is 0 Å². The number of nitrogens with one attached hydrogen (secondary N) is 1. The van der Waals surface area contributed by atoms with Gasteiger partial charge in [-0.3, -0.25) is 9.11 Å². The fourth-order valence-corrected chi connectivity index (χ4v) is 5.68. The Morgan fingerprint density at radius 3 is 2.60 bits per heavy atom. The third-order valence-corrected chi connectivity index (χ3v) is 7.94. The highest BCUT2D eigenvalue weighted by molar-refractivity contribution is 7.85. The topological polar surface area (TPSA) is 80.5 Å². The number of hydrogen-bond donors (Lipinski definition) is 1. The van der Waals surface area contributed by atoms with Gasteiger partial charge in [-0.1, -0.05) is 30.3 Å². The third kappa shape index (κ3) is 6.50. The van der Waals surface area contributed by atoms with Crippen molar-refractivity contribution in [3.63, 3.8) is 0 Å². The van der Waals surface area contributed by atoms with Crippen LogP contribution in [0.5, 0.6) is 5.75 Å². The molecule has 2 aromatic heterocycles. The lowest BCUT2D eigenvalue weighted by Crippen LogP contribution is -3.00. The highest BCUT2D eigenvalue weighted by atomic mass is 35.5. The Bertz CT molecular complexity index is 1620. The van der Waals surface area contributed by atoms with Crippen LogP contribution in [0.2, 0.25) is 0 Å². The standard InChI is InChI=1S/C30H27FN4O3S.ClH/c31-26-17-23(7-10-29(26)37-19-21-4-2-1-3-5-21)34-30-25-16-22(6-9-27(25)32-20-33-30)28-11-8-24(38-28)18-35-12-14-39(36)15-13-35;/h1-11,16-17,20H,12-15,18-19H2,(H,32,33,34);1H/p-1. The van der Waals surface area contributed by atoms with Gasteiger partial charge in [0.2, 0.25) is 0 Å². The van der Waals surface area contributed by atoms with E-state index in [1.165, 1.54) is 12.4 Å². The van der Waals surface area contributed by atoms with Crippen LogP contribution in [0.25, 0.3) is 22.2 Å². The first-order valence-corrected chi connectivity index (χ1v) is 14.2. The zero-order chi connectivity index (χ0) is 26.6. The molecule has 0 amide bonds. The predicted octanol–water partition coefficient (Wildman–Crippen LogP) is 2.92. The normalized spacial score (nSPS) is 14.1. The molecule has 3 aromatic carbocycles. The second kappa shape index (κ2) is 12.6. The molecule has 3 heterocycles. The summed E-state index contributed by atoms with van der Waals surface area (Å²) < 4.78 is 38.3. The summed E-state index contributed by atoms with van der Waals surface area (Å²) in [7, 11) is -0.702. The summed E-state index contributed by atoms with van der Waals surface area (Å²) >= 11 is 0. The number of aromatic nitrogens is 2. The minimum Gasteiger partial charge on any atom is -1.00 e. The fraction of sp³-hybridized carbons (Fsp3) is 0.200. The van der Waals surface area contributed by atoms with Crippen molar-refractivity contribution in [3.05, 3.63) is 102 Å². The summed E-state index contributed by atoms with van der Waals surface area (Å²) in [5.74, 6) is 3.32. The number of furan rings is 1. The van der Waals surface area contributed by atoms with E-state index in [0.717, 1.165) is 46.6 Å². The zero-order valence-electron chi connectivity index (χ0n) is 21.6. The lowest BCUT2D eigenvalue weighted by molar-refractivity contribution is -0.0000102. The molecule has 5 aromatic rings. The number of ether oxygens (including phenoxy) is 1. The Labute approximate surface area is 240 Å². The quantitative estimate of drug-likeness (QED) is 0.304. The van der Waals surface area contributed by atoms with Crippen molar-refractivity contribution in [3.8, 4) is 17.1 Å². The van der Waals surface area contributed by atoms with Crippen molar-refractivity contribution in [1.82, 2.24) is 14.9 Å². The molecule has 206 valence electrons. The van der Waals surface area contributed by atoms with E-state index in [2.05, 4.69) is 20.2 Å². The number of nitrogens with zero attached hydrogens (tertiary/aromatic N) is 3. The molecule has 6 rings (SSSR count). The molecular formula is C30H27ClFN4O3S-. The summed E-state index contributed by atoms with van der Waals surface area (Å²) in [5, 5.41) is 4.01. The van der Waals surface area contributed by atoms with Crippen molar-refractivity contribution in [1.29, 1.82) is 0 Å². The van der Waals surface area contributed by atoms with Gasteiger partial charge in [-0.25, -0.2) is 14.4 Å². The highest BCUT2D eigenvalue weighted by Gasteiger charge is 2.17. The van der Waals surface area contributed by atoms with Gasteiger partial charge in [-0.2, -0.15) is 0 Å². The van der Waals surface area contributed by atoms with Gasteiger partial charge in [0.05, 0.1) is 12.1 Å². The van der Waals surface area contributed by atoms with Gasteiger partial charge in [0.1, 0.15) is 30.3 Å². The van der Waals surface area contributed by atoms with Crippen LogP contribution in [0.4, 0.5) is 15.9 Å². The molecule has 0 bridgehead atoms. The first-order valence-electron chi connectivity index (χ1n) is 12.8. The van der Waals surface area contributed by atoms with E-state index in [0.29, 0.717) is 29.6 Å². The van der Waals surface area contributed by atoms with Crippen LogP contribution >= 0.6 is 0 Å². The van der Waals surface area contributed by atoms with Crippen LogP contribution < -0.4 is 22.5 Å². The van der Waals surface area contributed by atoms with E-state index in [4.69, 9.17) is 9.15 Å². The zero-order valence-corrected chi connectivity index (χ0v) is 23.1. The molecule has 1 fully saturated rings. The highest BCUT2D eigenvalue weighted by Crippen LogP contribution is 2.31. The maximum atomic E-state index is 14.8. The number of anilines is 2. The van der Waals surface area contributed by atoms with E-state index in [1.54, 1.807) is 12.1 Å². The first-order chi connectivity index (χ1) is 19.1. The second-order valence-electron chi connectivity index (χ2n) is 9.39. The van der Waals surface area contributed by atoms with Gasteiger partial charge in [0.25, 0.3) is 0 Å². The number of hydrogen-bond acceptors (Lipinski definition) is 7. The van der Waals surface area contributed by atoms with Gasteiger partial charge in [0, 0.05) is 58.1 Å². The molecule has 0 unspecified atom stereocenters. The van der Waals surface area contributed by atoms with Crippen molar-refractivity contribution in [2.75, 3.05) is 29.9 Å². The molecule has 0 saturated carbocycles. The summed E-state index contributed by atoms with van der Waals surface area (Å²) in [5.41, 5.74) is 3.16. The molecule has 1 aliphatic rings. The van der Waals surface area contributed by atoms with Gasteiger partial charge < -0.3 is 26.9 Å². The molecule has 10 heteroatoms. The van der Waals surface area contributed by atoms with Crippen molar-refractivity contribution in [2.45, 2.75) is 13.2 Å². The second-order valence-corrected chi connectivity index (χ2v) is 11.1. The average Bonchev–Trinajstić information content (AvgIpc) is 3.43. The molecule has 0 aliphatic carbocycles. The summed E-state index contributed by atoms with van der Waals surface area (Å²) in [6, 6.07) is 24.2. The lowest BCUT2D eigenvalue weighted by atomic mass is 10.1. The van der Waals surface area contributed by atoms with E-state index in [-0.39, 0.29) is 24.8 Å². The minimum atomic E-state index is -0.702. The van der Waals surface area contributed by atoms with Crippen LogP contribution in [0.15, 0.2) is 89.6 Å². The maximum absolute atomic E-state index is 14.8. The Hall–Kier alpha value is -3.79. The van der Waals surface area contributed by atoms with E-state index < -0.39 is 16.6 Å². The minimum absolute atomic E-state index is 0. The van der Waals surface area contributed by atoms with Gasteiger partial charge in [0.15, 0.2) is 11.6 Å². The SMILES string of the molecule is O=S1CCN(Cc2ccc(-c3ccc4ncnc(Nc5ccc(OCc6ccccc6)c(F)c5)c4c3)o2)CC1.[Cl-]. The summed E-state index contributed by atoms with van der Waals surface area (Å²) in [6.07, 6.45) is 1.48. The molecule has 1 saturated heterocycles. The number of rotatable bonds is 8. The number of halogens is 2. The molecule has 0 spiro atoms. The van der Waals surface area contributed by atoms with Crippen molar-refractivity contribution < 1.29 is 30.2 Å². The maximum Gasteiger partial charge on any atom is 0.167 e. The number of benzene rings is 3. The molecule has 7 nitrogen and oxygen atoms in total. The Kier molecular flexibility index (Phi) is 8.74. The molecular weight excluding hydrogens is 551 g/mol. The largest absolute Gasteiger partial charge is 1.00 e. The average molecular weight is 578 g/mol. The van der Waals surface area contributed by atoms with Gasteiger partial charge >= 0.3 is 0 Å². The fourth-order valence-electron chi connectivity index (χ4n) is 4.55. The van der Waals surface area contributed by atoms with E-state index in [9.17, 15) is 8.60 Å². The number of fused-ring (bicyclic) bond motifs is 1. The van der Waals surface area contributed by atoms with Crippen LogP contribution in [0.3, 0.4) is 0 Å². The van der Waals surface area contributed by atoms with Crippen molar-refractivity contribution in [2.24, 2.45) is 0 Å². The smallest absolute Gasteiger partial charge is 0.167 e. The molecule has 1 N–H and O–H groups in total. The summed E-state index contributed by atoms with van der Waals surface area (Å²) in [4.78, 5) is 11.1. The van der Waals surface area contributed by atoms with E-state index in [1.807, 2.05) is 60.7 Å². The van der Waals surface area contributed by atoms with Crippen LogP contribution in [-0.2, 0) is 24.0 Å². The molecule has 0 radical (unpaired) electrons. The van der Waals surface area contributed by atoms with Crippen LogP contribution in [0.1, 0.15) is 11.3 Å². The molecule has 0 atom stereocenters. The van der Waals surface area contributed by atoms with E-state index >= 15 is 0 Å². The predicted molar refractivity (Wildman–Crippen MR) is 151 cm³/mol. The van der Waals surface area contributed by atoms with Crippen LogP contribution in [-0.4, -0.2) is 43.7 Å². The van der Waals surface area contributed by atoms with Crippen LogP contribution in [0, 0.1) is 5.82 Å². The third-order valence-electron chi connectivity index (χ3n) is 6.66. The van der Waals surface area contributed by atoms with Gasteiger partial charge in [-0.05, 0) is 48.0 Å². The monoisotopic (exact) mass is 577 g/mol. The Morgan fingerprint density at radius 2 is 1.80 bits per heavy atom.